The van der Waals surface area contributed by atoms with Crippen molar-refractivity contribution in [1.29, 1.82) is 0 Å². The highest BCUT2D eigenvalue weighted by Crippen LogP contribution is 2.36. The van der Waals surface area contributed by atoms with Gasteiger partial charge in [0.2, 0.25) is 0 Å². The summed E-state index contributed by atoms with van der Waals surface area (Å²) in [5.74, 6) is 0.195. The van der Waals surface area contributed by atoms with Crippen LogP contribution in [0.3, 0.4) is 0 Å². The fourth-order valence-electron chi connectivity index (χ4n) is 1.98. The van der Waals surface area contributed by atoms with Crippen molar-refractivity contribution in [2.24, 2.45) is 0 Å². The molecule has 1 aromatic rings. The highest BCUT2D eigenvalue weighted by molar-refractivity contribution is 9.10. The highest BCUT2D eigenvalue weighted by atomic mass is 79.9. The number of phenols is 1. The van der Waals surface area contributed by atoms with Gasteiger partial charge in [0, 0.05) is 10.0 Å². The third kappa shape index (κ3) is 2.17. The molecule has 0 unspecified atom stereocenters. The van der Waals surface area contributed by atoms with Gasteiger partial charge in [0.05, 0.1) is 5.60 Å². The quantitative estimate of drug-likeness (QED) is 0.729. The molecule has 1 aliphatic rings. The summed E-state index contributed by atoms with van der Waals surface area (Å²) in [6.07, 6.45) is 1.35. The van der Waals surface area contributed by atoms with Gasteiger partial charge in [-0.25, -0.2) is 0 Å². The molecule has 3 nitrogen and oxygen atoms in total. The molecular formula is C11H14BrNO2. The minimum atomic E-state index is -0.817. The Morgan fingerprint density at radius 1 is 1.27 bits per heavy atom. The van der Waals surface area contributed by atoms with Crippen molar-refractivity contribution in [3.05, 3.63) is 28.2 Å². The van der Waals surface area contributed by atoms with E-state index in [-0.39, 0.29) is 5.75 Å². The van der Waals surface area contributed by atoms with E-state index in [0.717, 1.165) is 23.1 Å². The molecule has 0 aliphatic carbocycles. The Morgan fingerprint density at radius 3 is 2.60 bits per heavy atom. The van der Waals surface area contributed by atoms with Gasteiger partial charge in [-0.3, -0.25) is 0 Å². The number of benzene rings is 1. The van der Waals surface area contributed by atoms with Gasteiger partial charge in [-0.05, 0) is 44.1 Å². The predicted molar refractivity (Wildman–Crippen MR) is 61.8 cm³/mol. The summed E-state index contributed by atoms with van der Waals surface area (Å²) in [5, 5.41) is 23.1. The average molecular weight is 272 g/mol. The van der Waals surface area contributed by atoms with E-state index >= 15 is 0 Å². The summed E-state index contributed by atoms with van der Waals surface area (Å²) in [6, 6.07) is 5.01. The molecule has 82 valence electrons. The maximum Gasteiger partial charge on any atom is 0.116 e. The third-order valence-electron chi connectivity index (χ3n) is 2.88. The van der Waals surface area contributed by atoms with Gasteiger partial charge >= 0.3 is 0 Å². The molecule has 15 heavy (non-hydrogen) atoms. The van der Waals surface area contributed by atoms with Crippen molar-refractivity contribution in [3.8, 4) is 5.75 Å². The lowest BCUT2D eigenvalue weighted by molar-refractivity contribution is 0.00509. The second kappa shape index (κ2) is 4.12. The summed E-state index contributed by atoms with van der Waals surface area (Å²) < 4.78 is 0.852. The minimum absolute atomic E-state index is 0.195. The Kier molecular flexibility index (Phi) is 3.00. The van der Waals surface area contributed by atoms with Gasteiger partial charge in [-0.1, -0.05) is 15.9 Å². The molecule has 0 amide bonds. The number of hydrogen-bond acceptors (Lipinski definition) is 3. The first kappa shape index (κ1) is 10.9. The van der Waals surface area contributed by atoms with Gasteiger partial charge in [0.1, 0.15) is 5.75 Å². The second-order valence-electron chi connectivity index (χ2n) is 3.95. The van der Waals surface area contributed by atoms with Crippen molar-refractivity contribution in [3.63, 3.8) is 0 Å². The predicted octanol–water partition coefficient (Wildman–Crippen LogP) is 1.73. The monoisotopic (exact) mass is 271 g/mol. The summed E-state index contributed by atoms with van der Waals surface area (Å²) in [4.78, 5) is 0. The number of halogens is 1. The Morgan fingerprint density at radius 2 is 1.93 bits per heavy atom. The molecule has 1 saturated heterocycles. The lowest BCUT2D eigenvalue weighted by atomic mass is 9.85. The Bertz CT molecular complexity index is 362. The lowest BCUT2D eigenvalue weighted by Gasteiger charge is -2.33. The molecule has 1 aromatic carbocycles. The maximum absolute atomic E-state index is 10.5. The summed E-state index contributed by atoms with van der Waals surface area (Å²) in [5.41, 5.74) is -0.0352. The van der Waals surface area contributed by atoms with Crippen LogP contribution in [0.4, 0.5) is 0 Å². The molecule has 0 spiro atoms. The van der Waals surface area contributed by atoms with Crippen LogP contribution in [0.2, 0.25) is 0 Å². The smallest absolute Gasteiger partial charge is 0.116 e. The van der Waals surface area contributed by atoms with Crippen LogP contribution in [-0.2, 0) is 5.60 Å². The number of rotatable bonds is 1. The zero-order valence-corrected chi connectivity index (χ0v) is 9.92. The number of phenolic OH excluding ortho intramolecular Hbond substituents is 1. The number of nitrogens with one attached hydrogen (secondary N) is 1. The van der Waals surface area contributed by atoms with E-state index in [1.54, 1.807) is 18.2 Å². The van der Waals surface area contributed by atoms with E-state index in [1.165, 1.54) is 0 Å². The first-order valence-corrected chi connectivity index (χ1v) is 5.83. The largest absolute Gasteiger partial charge is 0.508 e. The Labute approximate surface area is 97.3 Å². The van der Waals surface area contributed by atoms with Gasteiger partial charge in [-0.15, -0.1) is 0 Å². The first-order chi connectivity index (χ1) is 7.12. The van der Waals surface area contributed by atoms with Crippen LogP contribution >= 0.6 is 15.9 Å². The normalized spacial score (nSPS) is 20.1. The van der Waals surface area contributed by atoms with Crippen molar-refractivity contribution in [2.45, 2.75) is 18.4 Å². The van der Waals surface area contributed by atoms with Gasteiger partial charge < -0.3 is 15.5 Å². The van der Waals surface area contributed by atoms with E-state index in [9.17, 15) is 10.2 Å². The van der Waals surface area contributed by atoms with Crippen molar-refractivity contribution in [1.82, 2.24) is 5.32 Å². The maximum atomic E-state index is 10.5. The topological polar surface area (TPSA) is 52.5 Å². The molecule has 3 N–H and O–H groups in total. The molecule has 4 heteroatoms. The summed E-state index contributed by atoms with van der Waals surface area (Å²) in [6.45, 7) is 1.61. The second-order valence-corrected chi connectivity index (χ2v) is 4.80. The lowest BCUT2D eigenvalue weighted by Crippen LogP contribution is -2.39. The highest BCUT2D eigenvalue weighted by Gasteiger charge is 2.32. The number of piperidine rings is 1. The number of hydrogen-bond donors (Lipinski definition) is 3. The third-order valence-corrected chi connectivity index (χ3v) is 3.57. The van der Waals surface area contributed by atoms with Gasteiger partial charge in [0.15, 0.2) is 0 Å². The standard InChI is InChI=1S/C11H14BrNO2/c12-10-2-1-8(14)7-9(10)11(15)3-5-13-6-4-11/h1-2,7,13-15H,3-6H2. The van der Waals surface area contributed by atoms with E-state index in [0.29, 0.717) is 12.8 Å². The zero-order chi connectivity index (χ0) is 10.9. The van der Waals surface area contributed by atoms with E-state index in [4.69, 9.17) is 0 Å². The SMILES string of the molecule is Oc1ccc(Br)c(C2(O)CCNCC2)c1. The molecule has 1 heterocycles. The van der Waals surface area contributed by atoms with Crippen LogP contribution in [0, 0.1) is 0 Å². The molecule has 1 aliphatic heterocycles. The molecule has 0 aromatic heterocycles. The molecule has 0 saturated carbocycles. The van der Waals surface area contributed by atoms with Crippen LogP contribution in [0.15, 0.2) is 22.7 Å². The van der Waals surface area contributed by atoms with Crippen LogP contribution in [-0.4, -0.2) is 23.3 Å². The Balaban J connectivity index is 2.38. The van der Waals surface area contributed by atoms with Crippen molar-refractivity contribution < 1.29 is 10.2 Å². The molecule has 1 fully saturated rings. The van der Waals surface area contributed by atoms with Crippen LogP contribution < -0.4 is 5.32 Å². The van der Waals surface area contributed by atoms with E-state index < -0.39 is 5.60 Å². The van der Waals surface area contributed by atoms with Crippen LogP contribution in [0.5, 0.6) is 5.75 Å². The Hall–Kier alpha value is -0.580. The first-order valence-electron chi connectivity index (χ1n) is 5.04. The molecule has 2 rings (SSSR count). The van der Waals surface area contributed by atoms with Gasteiger partial charge in [0.25, 0.3) is 0 Å². The zero-order valence-electron chi connectivity index (χ0n) is 8.33. The van der Waals surface area contributed by atoms with Crippen molar-refractivity contribution >= 4 is 15.9 Å². The van der Waals surface area contributed by atoms with E-state index in [1.807, 2.05) is 0 Å². The fraction of sp³-hybridized carbons (Fsp3) is 0.455. The summed E-state index contributed by atoms with van der Waals surface area (Å²) in [7, 11) is 0. The van der Waals surface area contributed by atoms with Crippen molar-refractivity contribution in [2.75, 3.05) is 13.1 Å². The molecule has 0 radical (unpaired) electrons. The molecule has 0 bridgehead atoms. The molecular weight excluding hydrogens is 258 g/mol. The number of aliphatic hydroxyl groups is 1. The summed E-state index contributed by atoms with van der Waals surface area (Å²) >= 11 is 3.41. The van der Waals surface area contributed by atoms with E-state index in [2.05, 4.69) is 21.2 Å². The van der Waals surface area contributed by atoms with Crippen LogP contribution in [0.1, 0.15) is 18.4 Å². The molecule has 0 atom stereocenters. The van der Waals surface area contributed by atoms with Crippen LogP contribution in [0.25, 0.3) is 0 Å². The minimum Gasteiger partial charge on any atom is -0.508 e. The van der Waals surface area contributed by atoms with Gasteiger partial charge in [-0.2, -0.15) is 0 Å². The average Bonchev–Trinajstić information content (AvgIpc) is 2.23. The fourth-order valence-corrected chi connectivity index (χ4v) is 2.60. The number of aromatic hydroxyl groups is 1.